The van der Waals surface area contributed by atoms with Crippen LogP contribution < -0.4 is 0 Å². The van der Waals surface area contributed by atoms with Crippen LogP contribution in [0.5, 0.6) is 0 Å². The first-order valence-corrected chi connectivity index (χ1v) is 14.1. The molecule has 2 heteroatoms. The Morgan fingerprint density at radius 3 is 1.59 bits per heavy atom. The molecular weight excluding hydrogens is 532 g/mol. The molecule has 9 aromatic rings. The monoisotopic (exact) mass is 572 g/mol. The van der Waals surface area contributed by atoms with E-state index in [9.17, 15) is 5.48 Å². The topological polar surface area (TPSA) is 9.86 Å². The molecule has 7 aromatic carbocycles. The average molecular weight is 573 g/mol. The smallest absolute Gasteiger partial charge is 0.0645 e. The maximum Gasteiger partial charge on any atom is 0.0645 e. The van der Waals surface area contributed by atoms with Gasteiger partial charge in [0, 0.05) is 32.9 Å². The number of nitrogens with zero attached hydrogens (tertiary/aromatic N) is 2. The number of hydrogen-bond donors (Lipinski definition) is 0. The molecule has 0 N–H and O–H groups in total. The molecule has 206 valence electrons. The van der Waals surface area contributed by atoms with Crippen molar-refractivity contribution >= 4 is 43.6 Å². The van der Waals surface area contributed by atoms with Crippen molar-refractivity contribution in [3.63, 3.8) is 0 Å². The van der Waals surface area contributed by atoms with Crippen molar-refractivity contribution in [3.05, 3.63) is 170 Å². The van der Waals surface area contributed by atoms with Gasteiger partial charge in [0.2, 0.25) is 0 Å². The Labute approximate surface area is 272 Å². The van der Waals surface area contributed by atoms with Gasteiger partial charge >= 0.3 is 0 Å². The van der Waals surface area contributed by atoms with Gasteiger partial charge in [-0.1, -0.05) is 109 Å². The van der Waals surface area contributed by atoms with Gasteiger partial charge in [-0.2, -0.15) is 0 Å². The van der Waals surface area contributed by atoms with E-state index in [0.717, 1.165) is 0 Å². The highest BCUT2D eigenvalue weighted by molar-refractivity contribution is 6.12. The molecule has 0 aliphatic rings. The fourth-order valence-electron chi connectivity index (χ4n) is 5.92. The van der Waals surface area contributed by atoms with Crippen LogP contribution in [0.2, 0.25) is 0 Å². The van der Waals surface area contributed by atoms with Crippen molar-refractivity contribution in [2.24, 2.45) is 0 Å². The molecule has 0 radical (unpaired) electrons. The molecule has 9 rings (SSSR count). The molecule has 0 unspecified atom stereocenters. The molecule has 2 nitrogen and oxygen atoms in total. The summed E-state index contributed by atoms with van der Waals surface area (Å²) in [7, 11) is 0. The molecule has 0 amide bonds. The van der Waals surface area contributed by atoms with Gasteiger partial charge in [-0.15, -0.1) is 0 Å². The number of aromatic nitrogens is 2. The molecule has 0 aliphatic heterocycles. The molecule has 0 fully saturated rings. The van der Waals surface area contributed by atoms with Crippen molar-refractivity contribution in [2.75, 3.05) is 0 Å². The average Bonchev–Trinajstić information content (AvgIpc) is 3.74. The zero-order chi connectivity index (χ0) is 39.5. The van der Waals surface area contributed by atoms with Crippen molar-refractivity contribution in [1.29, 1.82) is 0 Å². The predicted molar refractivity (Wildman–Crippen MR) is 186 cm³/mol. The lowest BCUT2D eigenvalue weighted by Crippen LogP contribution is -1.94. The minimum Gasteiger partial charge on any atom is -0.309 e. The zero-order valence-corrected chi connectivity index (χ0v) is 23.1. The third-order valence-electron chi connectivity index (χ3n) is 7.88. The van der Waals surface area contributed by atoms with Crippen molar-refractivity contribution < 1.29 is 16.4 Å². The van der Waals surface area contributed by atoms with E-state index < -0.39 is 0 Å². The third kappa shape index (κ3) is 3.82. The Morgan fingerprint density at radius 2 is 0.932 bits per heavy atom. The normalized spacial score (nSPS) is 15.5. The van der Waals surface area contributed by atoms with Crippen LogP contribution in [0.25, 0.3) is 77.2 Å². The summed E-state index contributed by atoms with van der Waals surface area (Å²) < 4.78 is 112. The lowest BCUT2D eigenvalue weighted by molar-refractivity contribution is 1.18. The molecule has 0 aliphatic carbocycles. The van der Waals surface area contributed by atoms with E-state index in [0.29, 0.717) is 16.8 Å². The van der Waals surface area contributed by atoms with Gasteiger partial charge in [-0.05, 0) is 82.7 Å². The second-order valence-electron chi connectivity index (χ2n) is 10.4. The van der Waals surface area contributed by atoms with E-state index in [1.807, 2.05) is 6.07 Å². The number of rotatable bonds is 4. The lowest BCUT2D eigenvalue weighted by Gasteiger charge is -2.11. The number of fused-ring (bicyclic) bond motifs is 6. The second kappa shape index (κ2) is 9.86. The first-order valence-electron chi connectivity index (χ1n) is 20.1. The summed E-state index contributed by atoms with van der Waals surface area (Å²) in [6.45, 7) is 0. The van der Waals surface area contributed by atoms with Gasteiger partial charge in [0.15, 0.2) is 0 Å². The molecular formula is C42H28N2. The summed E-state index contributed by atoms with van der Waals surface area (Å²) in [5.74, 6) is 0. The molecule has 0 atom stereocenters. The van der Waals surface area contributed by atoms with Crippen molar-refractivity contribution in [2.45, 2.75) is 0 Å². The Morgan fingerprint density at radius 1 is 0.364 bits per heavy atom. The lowest BCUT2D eigenvalue weighted by atomic mass is 10.0. The maximum atomic E-state index is 9.70. The molecule has 0 bridgehead atoms. The summed E-state index contributed by atoms with van der Waals surface area (Å²) >= 11 is 0. The van der Waals surface area contributed by atoms with Gasteiger partial charge < -0.3 is 9.13 Å². The second-order valence-corrected chi connectivity index (χ2v) is 10.4. The quantitative estimate of drug-likeness (QED) is 0.198. The van der Waals surface area contributed by atoms with E-state index in [1.54, 1.807) is 71.3 Å². The van der Waals surface area contributed by atoms with Crippen LogP contribution in [0.3, 0.4) is 0 Å². The van der Waals surface area contributed by atoms with Gasteiger partial charge in [-0.3, -0.25) is 0 Å². The van der Waals surface area contributed by atoms with Crippen LogP contribution in [0.1, 0.15) is 16.4 Å². The molecule has 2 aromatic heterocycles. The summed E-state index contributed by atoms with van der Waals surface area (Å²) in [5, 5.41) is 0.386. The van der Waals surface area contributed by atoms with E-state index >= 15 is 0 Å². The highest BCUT2D eigenvalue weighted by atomic mass is 15.0. The predicted octanol–water partition coefficient (Wildman–Crippen LogP) is 11.2. The Balaban J connectivity index is 1.41. The first-order chi connectivity index (χ1) is 26.8. The van der Waals surface area contributed by atoms with Crippen molar-refractivity contribution in [3.8, 4) is 33.6 Å². The van der Waals surface area contributed by atoms with Crippen LogP contribution in [-0.2, 0) is 0 Å². The third-order valence-corrected chi connectivity index (χ3v) is 7.88. The molecule has 2 heterocycles. The van der Waals surface area contributed by atoms with Crippen LogP contribution in [0.15, 0.2) is 170 Å². The van der Waals surface area contributed by atoms with Gasteiger partial charge in [0.1, 0.15) is 0 Å². The standard InChI is InChI=1S/C42H28N2/c1-3-12-29(13-4-1)30-14-11-17-34(26-30)44-40-21-10-8-19-36(40)38-28-32(23-25-42(38)44)31-22-24-41-37(27-31)35-18-7-9-20-39(35)43(41)33-15-5-2-6-16-33/h1-28H/i7D,8D,12D,17D,18D,19D,20D,21D,24D,25D,27D,28D. The molecule has 0 saturated heterocycles. The Bertz CT molecular complexity index is 3170. The minimum atomic E-state index is -0.289. The van der Waals surface area contributed by atoms with E-state index in [1.165, 1.54) is 28.8 Å². The van der Waals surface area contributed by atoms with E-state index in [2.05, 4.69) is 0 Å². The fourth-order valence-corrected chi connectivity index (χ4v) is 5.92. The number of benzene rings is 7. The zero-order valence-electron chi connectivity index (χ0n) is 35.1. The largest absolute Gasteiger partial charge is 0.309 e. The highest BCUT2D eigenvalue weighted by Gasteiger charge is 2.16. The van der Waals surface area contributed by atoms with Gasteiger partial charge in [-0.25, -0.2) is 0 Å². The highest BCUT2D eigenvalue weighted by Crippen LogP contribution is 2.38. The fraction of sp³-hybridized carbons (Fsp3) is 0. The van der Waals surface area contributed by atoms with Crippen LogP contribution in [0, 0.1) is 0 Å². The molecule has 44 heavy (non-hydrogen) atoms. The van der Waals surface area contributed by atoms with Gasteiger partial charge in [0.25, 0.3) is 0 Å². The SMILES string of the molecule is [2H]c1ccccc1-c1ccc([2H])c(-n2c3c([2H])cc([2H])c([2H])c3c3c([2H])c(-c4cc([2H])c5c(c4[2H])c4c([2H])c([2H])cc([2H])c4n5-c4ccccc4)cc([2H])c32)c1. The van der Waals surface area contributed by atoms with Crippen molar-refractivity contribution in [1.82, 2.24) is 9.13 Å². The van der Waals surface area contributed by atoms with Crippen LogP contribution in [0.4, 0.5) is 0 Å². The number of hydrogen-bond acceptors (Lipinski definition) is 0. The summed E-state index contributed by atoms with van der Waals surface area (Å²) in [6, 6.07) is 24.5. The molecule has 0 spiro atoms. The molecule has 0 saturated carbocycles. The Kier molecular flexibility index (Phi) is 3.49. The number of para-hydroxylation sites is 3. The Hall–Kier alpha value is -5.86. The first kappa shape index (κ1) is 15.6. The van der Waals surface area contributed by atoms with Gasteiger partial charge in [0.05, 0.1) is 38.5 Å². The summed E-state index contributed by atoms with van der Waals surface area (Å²) in [4.78, 5) is 0. The maximum absolute atomic E-state index is 9.70. The summed E-state index contributed by atoms with van der Waals surface area (Å²) in [6.07, 6.45) is 0. The van der Waals surface area contributed by atoms with Crippen LogP contribution in [-0.4, -0.2) is 9.13 Å². The van der Waals surface area contributed by atoms with Crippen LogP contribution >= 0.6 is 0 Å². The minimum absolute atomic E-state index is 0.0205. The van der Waals surface area contributed by atoms with E-state index in [-0.39, 0.29) is 133 Å². The summed E-state index contributed by atoms with van der Waals surface area (Å²) in [5.41, 5.74) is 2.88. The van der Waals surface area contributed by atoms with E-state index in [4.69, 9.17) is 11.0 Å².